The van der Waals surface area contributed by atoms with E-state index in [0.717, 1.165) is 6.54 Å². The smallest absolute Gasteiger partial charge is 0.0489 e. The van der Waals surface area contributed by atoms with Crippen molar-refractivity contribution in [2.45, 2.75) is 45.2 Å². The molecule has 0 N–H and O–H groups in total. The number of unbranched alkanes of at least 4 members (excludes halogenated alkanes) is 2. The van der Waals surface area contributed by atoms with E-state index in [0.29, 0.717) is 6.04 Å². The Morgan fingerprint density at radius 3 is 2.80 bits per heavy atom. The molecular weight excluding hydrogens is 246 g/mol. The average Bonchev–Trinajstić information content (AvgIpc) is 3.06. The third kappa shape index (κ3) is 2.87. The largest absolute Gasteiger partial charge is 0.368 e. The molecule has 20 heavy (non-hydrogen) atoms. The van der Waals surface area contributed by atoms with Crippen molar-refractivity contribution in [2.75, 3.05) is 11.4 Å². The van der Waals surface area contributed by atoms with Gasteiger partial charge in [0.25, 0.3) is 0 Å². The summed E-state index contributed by atoms with van der Waals surface area (Å²) < 4.78 is 2.02. The number of aryl methyl sites for hydroxylation is 1. The first-order valence-corrected chi connectivity index (χ1v) is 7.66. The van der Waals surface area contributed by atoms with Crippen LogP contribution in [0.4, 0.5) is 5.69 Å². The molecule has 0 amide bonds. The summed E-state index contributed by atoms with van der Waals surface area (Å²) in [5.74, 6) is 0. The van der Waals surface area contributed by atoms with Gasteiger partial charge in [0, 0.05) is 37.2 Å². The molecule has 0 spiro atoms. The molecule has 1 aromatic carbocycles. The summed E-state index contributed by atoms with van der Waals surface area (Å²) in [4.78, 5) is 2.57. The van der Waals surface area contributed by atoms with Crippen LogP contribution in [0.25, 0.3) is 0 Å². The number of fused-ring (bicyclic) bond motifs is 1. The van der Waals surface area contributed by atoms with Gasteiger partial charge in [0.1, 0.15) is 0 Å². The van der Waals surface area contributed by atoms with Crippen LogP contribution in [0.1, 0.15) is 31.7 Å². The maximum atomic E-state index is 4.24. The van der Waals surface area contributed by atoms with Gasteiger partial charge in [0.15, 0.2) is 0 Å². The minimum atomic E-state index is 0.651. The molecule has 0 saturated carbocycles. The summed E-state index contributed by atoms with van der Waals surface area (Å²) in [5, 5.41) is 4.24. The average molecular weight is 269 g/mol. The number of benzene rings is 1. The number of hydrogen-bond donors (Lipinski definition) is 0. The Kier molecular flexibility index (Phi) is 4.05. The fourth-order valence-corrected chi connectivity index (χ4v) is 3.14. The zero-order valence-corrected chi connectivity index (χ0v) is 12.2. The summed E-state index contributed by atoms with van der Waals surface area (Å²) in [7, 11) is 0. The van der Waals surface area contributed by atoms with E-state index < -0.39 is 0 Å². The van der Waals surface area contributed by atoms with Crippen molar-refractivity contribution in [3.63, 3.8) is 0 Å². The highest BCUT2D eigenvalue weighted by Gasteiger charge is 2.24. The molecule has 2 heterocycles. The van der Waals surface area contributed by atoms with Crippen LogP contribution < -0.4 is 4.90 Å². The van der Waals surface area contributed by atoms with Crippen LogP contribution in [0, 0.1) is 0 Å². The molecule has 1 aliphatic rings. The van der Waals surface area contributed by atoms with E-state index in [1.807, 2.05) is 23.1 Å². The van der Waals surface area contributed by atoms with Crippen molar-refractivity contribution >= 4 is 5.69 Å². The van der Waals surface area contributed by atoms with Gasteiger partial charge in [-0.1, -0.05) is 18.2 Å². The van der Waals surface area contributed by atoms with Crippen LogP contribution in [0.5, 0.6) is 0 Å². The van der Waals surface area contributed by atoms with Gasteiger partial charge in [0.05, 0.1) is 0 Å². The van der Waals surface area contributed by atoms with Crippen molar-refractivity contribution in [2.24, 2.45) is 0 Å². The maximum Gasteiger partial charge on any atom is 0.0489 e. The fourth-order valence-electron chi connectivity index (χ4n) is 3.14. The second-order valence-electron chi connectivity index (χ2n) is 5.71. The van der Waals surface area contributed by atoms with Gasteiger partial charge in [-0.25, -0.2) is 0 Å². The number of rotatable bonds is 6. The van der Waals surface area contributed by atoms with Crippen molar-refractivity contribution in [1.82, 2.24) is 9.78 Å². The molecule has 3 heteroatoms. The Morgan fingerprint density at radius 1 is 1.10 bits per heavy atom. The minimum absolute atomic E-state index is 0.651. The van der Waals surface area contributed by atoms with Crippen LogP contribution in [-0.4, -0.2) is 22.4 Å². The number of hydrogen-bond acceptors (Lipinski definition) is 2. The zero-order valence-electron chi connectivity index (χ0n) is 12.2. The lowest BCUT2D eigenvalue weighted by molar-refractivity contribution is 0.535. The van der Waals surface area contributed by atoms with Gasteiger partial charge in [-0.3, -0.25) is 4.68 Å². The Morgan fingerprint density at radius 2 is 1.95 bits per heavy atom. The SMILES string of the molecule is CC1Cc2ccccc2N1CCCCCn1cccn1. The summed E-state index contributed by atoms with van der Waals surface area (Å²) >= 11 is 0. The lowest BCUT2D eigenvalue weighted by Gasteiger charge is -2.24. The van der Waals surface area contributed by atoms with E-state index >= 15 is 0 Å². The summed E-state index contributed by atoms with van der Waals surface area (Å²) in [6.45, 7) is 4.56. The topological polar surface area (TPSA) is 21.1 Å². The highest BCUT2D eigenvalue weighted by atomic mass is 15.3. The van der Waals surface area contributed by atoms with E-state index in [9.17, 15) is 0 Å². The quantitative estimate of drug-likeness (QED) is 0.748. The van der Waals surface area contributed by atoms with Gasteiger partial charge >= 0.3 is 0 Å². The van der Waals surface area contributed by atoms with Crippen molar-refractivity contribution in [3.05, 3.63) is 48.3 Å². The molecule has 1 aliphatic heterocycles. The first kappa shape index (κ1) is 13.2. The molecule has 0 radical (unpaired) electrons. The van der Waals surface area contributed by atoms with Gasteiger partial charge in [-0.15, -0.1) is 0 Å². The Balaban J connectivity index is 1.44. The molecule has 3 rings (SSSR count). The molecule has 0 bridgehead atoms. The van der Waals surface area contributed by atoms with E-state index in [1.54, 1.807) is 0 Å². The van der Waals surface area contributed by atoms with Crippen LogP contribution in [0.15, 0.2) is 42.7 Å². The molecule has 0 aliphatic carbocycles. The predicted molar refractivity (Wildman–Crippen MR) is 83.0 cm³/mol. The Bertz CT molecular complexity index is 533. The van der Waals surface area contributed by atoms with Crippen molar-refractivity contribution < 1.29 is 0 Å². The van der Waals surface area contributed by atoms with Gasteiger partial charge < -0.3 is 4.90 Å². The molecule has 1 unspecified atom stereocenters. The highest BCUT2D eigenvalue weighted by molar-refractivity contribution is 5.59. The van der Waals surface area contributed by atoms with Crippen LogP contribution in [0.3, 0.4) is 0 Å². The summed E-state index contributed by atoms with van der Waals surface area (Å²) in [5.41, 5.74) is 2.96. The number of aromatic nitrogens is 2. The molecule has 0 saturated heterocycles. The summed E-state index contributed by atoms with van der Waals surface area (Å²) in [6, 6.07) is 11.5. The van der Waals surface area contributed by atoms with Gasteiger partial charge in [-0.2, -0.15) is 5.10 Å². The second kappa shape index (κ2) is 6.12. The molecule has 0 fully saturated rings. The Hall–Kier alpha value is -1.77. The van der Waals surface area contributed by atoms with Gasteiger partial charge in [-0.05, 0) is 50.3 Å². The van der Waals surface area contributed by atoms with Crippen molar-refractivity contribution in [1.29, 1.82) is 0 Å². The van der Waals surface area contributed by atoms with Gasteiger partial charge in [0.2, 0.25) is 0 Å². The van der Waals surface area contributed by atoms with Crippen LogP contribution >= 0.6 is 0 Å². The number of para-hydroxylation sites is 1. The standard InChI is InChI=1S/C17H23N3/c1-15-14-16-8-3-4-9-17(16)20(15)13-6-2-5-11-19-12-7-10-18-19/h3-4,7-10,12,15H,2,5-6,11,13-14H2,1H3. The van der Waals surface area contributed by atoms with E-state index in [4.69, 9.17) is 0 Å². The van der Waals surface area contributed by atoms with Crippen molar-refractivity contribution in [3.8, 4) is 0 Å². The molecular formula is C17H23N3. The highest BCUT2D eigenvalue weighted by Crippen LogP contribution is 2.31. The first-order valence-electron chi connectivity index (χ1n) is 7.66. The Labute approximate surface area is 121 Å². The maximum absolute atomic E-state index is 4.24. The molecule has 3 nitrogen and oxygen atoms in total. The number of anilines is 1. The summed E-state index contributed by atoms with van der Waals surface area (Å²) in [6.07, 6.45) is 8.84. The lowest BCUT2D eigenvalue weighted by atomic mass is 10.1. The first-order chi connectivity index (χ1) is 9.84. The normalized spacial score (nSPS) is 17.4. The van der Waals surface area contributed by atoms with E-state index in [-0.39, 0.29) is 0 Å². The third-order valence-electron chi connectivity index (χ3n) is 4.19. The van der Waals surface area contributed by atoms with Crippen LogP contribution in [-0.2, 0) is 13.0 Å². The second-order valence-corrected chi connectivity index (χ2v) is 5.71. The fraction of sp³-hybridized carbons (Fsp3) is 0.471. The minimum Gasteiger partial charge on any atom is -0.368 e. The van der Waals surface area contributed by atoms with Crippen LogP contribution in [0.2, 0.25) is 0 Å². The molecule has 2 aromatic rings. The number of nitrogens with zero attached hydrogens (tertiary/aromatic N) is 3. The van der Waals surface area contributed by atoms with E-state index in [2.05, 4.69) is 41.2 Å². The van der Waals surface area contributed by atoms with E-state index in [1.165, 1.54) is 43.5 Å². The third-order valence-corrected chi connectivity index (χ3v) is 4.19. The predicted octanol–water partition coefficient (Wildman–Crippen LogP) is 3.50. The lowest BCUT2D eigenvalue weighted by Crippen LogP contribution is -2.30. The zero-order chi connectivity index (χ0) is 13.8. The monoisotopic (exact) mass is 269 g/mol. The molecule has 1 atom stereocenters. The molecule has 1 aromatic heterocycles. The molecule has 106 valence electrons.